The summed E-state index contributed by atoms with van der Waals surface area (Å²) < 4.78 is 0. The fourth-order valence-electron chi connectivity index (χ4n) is 4.01. The predicted molar refractivity (Wildman–Crippen MR) is 172 cm³/mol. The molecule has 0 saturated heterocycles. The van der Waals surface area contributed by atoms with Gasteiger partial charge in [0.15, 0.2) is 0 Å². The SMILES string of the molecule is CN(C)c1ccc(C(=O)NN=Cc2cc(C=NNC(=O)c3ccc(N(C)C)cc3)cc(NCc3ccccc3)c2)cc1. The van der Waals surface area contributed by atoms with E-state index in [1.807, 2.05) is 111 Å². The number of hydrazone groups is 2. The number of hydrogen-bond donors (Lipinski definition) is 3. The van der Waals surface area contributed by atoms with Crippen LogP contribution in [0.15, 0.2) is 107 Å². The highest BCUT2D eigenvalue weighted by Gasteiger charge is 2.07. The van der Waals surface area contributed by atoms with Crippen LogP contribution >= 0.6 is 0 Å². The van der Waals surface area contributed by atoms with Crippen LogP contribution in [0.3, 0.4) is 0 Å². The first-order valence-electron chi connectivity index (χ1n) is 13.4. The molecule has 0 bridgehead atoms. The lowest BCUT2D eigenvalue weighted by Gasteiger charge is -2.12. The van der Waals surface area contributed by atoms with E-state index in [9.17, 15) is 9.59 Å². The van der Waals surface area contributed by atoms with Crippen molar-refractivity contribution in [3.8, 4) is 0 Å². The third-order valence-corrected chi connectivity index (χ3v) is 6.37. The van der Waals surface area contributed by atoms with Crippen LogP contribution in [0.25, 0.3) is 0 Å². The van der Waals surface area contributed by atoms with Crippen LogP contribution in [0.5, 0.6) is 0 Å². The number of carbonyl (C=O) groups excluding carboxylic acids is 2. The average molecular weight is 562 g/mol. The number of carbonyl (C=O) groups is 2. The molecule has 4 rings (SSSR count). The van der Waals surface area contributed by atoms with Gasteiger partial charge in [-0.25, -0.2) is 10.9 Å². The molecule has 0 aliphatic rings. The third kappa shape index (κ3) is 8.53. The van der Waals surface area contributed by atoms with Gasteiger partial charge in [-0.1, -0.05) is 30.3 Å². The maximum Gasteiger partial charge on any atom is 0.271 e. The van der Waals surface area contributed by atoms with Crippen LogP contribution in [0.2, 0.25) is 0 Å². The molecule has 0 saturated carbocycles. The van der Waals surface area contributed by atoms with Crippen molar-refractivity contribution in [3.63, 3.8) is 0 Å². The molecule has 0 aromatic heterocycles. The zero-order valence-corrected chi connectivity index (χ0v) is 24.2. The summed E-state index contributed by atoms with van der Waals surface area (Å²) in [5.74, 6) is -0.615. The summed E-state index contributed by atoms with van der Waals surface area (Å²) in [4.78, 5) is 29.1. The predicted octanol–water partition coefficient (Wildman–Crippen LogP) is 4.96. The minimum atomic E-state index is -0.307. The molecular weight excluding hydrogens is 526 g/mol. The summed E-state index contributed by atoms with van der Waals surface area (Å²) in [7, 11) is 7.77. The summed E-state index contributed by atoms with van der Waals surface area (Å²) in [6.07, 6.45) is 3.14. The lowest BCUT2D eigenvalue weighted by atomic mass is 10.1. The van der Waals surface area contributed by atoms with Gasteiger partial charge in [-0.3, -0.25) is 9.59 Å². The molecule has 0 radical (unpaired) electrons. The van der Waals surface area contributed by atoms with Crippen molar-refractivity contribution in [1.29, 1.82) is 0 Å². The molecular formula is C33H35N7O2. The first-order chi connectivity index (χ1) is 20.3. The Morgan fingerprint density at radius 1 is 0.643 bits per heavy atom. The zero-order chi connectivity index (χ0) is 29.9. The minimum Gasteiger partial charge on any atom is -0.381 e. The van der Waals surface area contributed by atoms with E-state index in [2.05, 4.69) is 26.4 Å². The van der Waals surface area contributed by atoms with Crippen LogP contribution in [0, 0.1) is 0 Å². The van der Waals surface area contributed by atoms with Crippen molar-refractivity contribution in [3.05, 3.63) is 125 Å². The Hall–Kier alpha value is -5.44. The Kier molecular flexibility index (Phi) is 10.0. The quantitative estimate of drug-likeness (QED) is 0.178. The second-order valence-electron chi connectivity index (χ2n) is 10.0. The summed E-state index contributed by atoms with van der Waals surface area (Å²) in [5, 5.41) is 11.7. The van der Waals surface area contributed by atoms with Gasteiger partial charge < -0.3 is 15.1 Å². The number of nitrogens with zero attached hydrogens (tertiary/aromatic N) is 4. The van der Waals surface area contributed by atoms with Gasteiger partial charge in [0, 0.05) is 62.9 Å². The van der Waals surface area contributed by atoms with E-state index in [4.69, 9.17) is 0 Å². The van der Waals surface area contributed by atoms with Gasteiger partial charge in [0.25, 0.3) is 11.8 Å². The molecule has 0 aliphatic carbocycles. The number of amides is 2. The normalized spacial score (nSPS) is 11.0. The topological polar surface area (TPSA) is 101 Å². The van der Waals surface area contributed by atoms with Crippen LogP contribution in [-0.2, 0) is 6.54 Å². The van der Waals surface area contributed by atoms with Crippen molar-refractivity contribution in [2.24, 2.45) is 10.2 Å². The number of benzene rings is 4. The highest BCUT2D eigenvalue weighted by atomic mass is 16.2. The lowest BCUT2D eigenvalue weighted by molar-refractivity contribution is 0.0947. The van der Waals surface area contributed by atoms with Gasteiger partial charge >= 0.3 is 0 Å². The largest absolute Gasteiger partial charge is 0.381 e. The third-order valence-electron chi connectivity index (χ3n) is 6.37. The smallest absolute Gasteiger partial charge is 0.271 e. The van der Waals surface area contributed by atoms with Crippen molar-refractivity contribution in [2.45, 2.75) is 6.54 Å². The molecule has 0 aliphatic heterocycles. The molecule has 0 unspecified atom stereocenters. The second-order valence-corrected chi connectivity index (χ2v) is 10.0. The molecule has 214 valence electrons. The molecule has 0 spiro atoms. The fraction of sp³-hybridized carbons (Fsp3) is 0.152. The average Bonchev–Trinajstić information content (AvgIpc) is 3.00. The fourth-order valence-corrected chi connectivity index (χ4v) is 4.01. The highest BCUT2D eigenvalue weighted by molar-refractivity contribution is 5.96. The molecule has 0 atom stereocenters. The van der Waals surface area contributed by atoms with Crippen molar-refractivity contribution in [1.82, 2.24) is 10.9 Å². The van der Waals surface area contributed by atoms with Crippen molar-refractivity contribution >= 4 is 41.3 Å². The Bertz CT molecular complexity index is 1450. The Balaban J connectivity index is 1.46. The van der Waals surface area contributed by atoms with E-state index in [1.165, 1.54) is 0 Å². The van der Waals surface area contributed by atoms with E-state index in [0.29, 0.717) is 17.7 Å². The maximum atomic E-state index is 12.6. The minimum absolute atomic E-state index is 0.307. The van der Waals surface area contributed by atoms with Crippen molar-refractivity contribution < 1.29 is 9.59 Å². The van der Waals surface area contributed by atoms with Gasteiger partial charge in [0.2, 0.25) is 0 Å². The first kappa shape index (κ1) is 29.5. The Morgan fingerprint density at radius 2 is 1.10 bits per heavy atom. The van der Waals surface area contributed by atoms with Crippen LogP contribution in [0.4, 0.5) is 17.1 Å². The molecule has 42 heavy (non-hydrogen) atoms. The van der Waals surface area contributed by atoms with E-state index >= 15 is 0 Å². The van der Waals surface area contributed by atoms with Crippen molar-refractivity contribution in [2.75, 3.05) is 43.3 Å². The van der Waals surface area contributed by atoms with Crippen LogP contribution in [0.1, 0.15) is 37.4 Å². The molecule has 9 heteroatoms. The molecule has 0 heterocycles. The molecule has 9 nitrogen and oxygen atoms in total. The number of nitrogens with one attached hydrogen (secondary N) is 3. The van der Waals surface area contributed by atoms with E-state index < -0.39 is 0 Å². The lowest BCUT2D eigenvalue weighted by Crippen LogP contribution is -2.18. The van der Waals surface area contributed by atoms with Crippen LogP contribution < -0.4 is 26.0 Å². The van der Waals surface area contributed by atoms with Gasteiger partial charge in [0.1, 0.15) is 0 Å². The summed E-state index contributed by atoms with van der Waals surface area (Å²) >= 11 is 0. The van der Waals surface area contributed by atoms with Gasteiger partial charge in [0.05, 0.1) is 12.4 Å². The van der Waals surface area contributed by atoms with E-state index in [-0.39, 0.29) is 11.8 Å². The van der Waals surface area contributed by atoms with Crippen LogP contribution in [-0.4, -0.2) is 52.4 Å². The molecule has 4 aromatic rings. The Morgan fingerprint density at radius 3 is 1.52 bits per heavy atom. The van der Waals surface area contributed by atoms with Gasteiger partial charge in [-0.05, 0) is 83.4 Å². The highest BCUT2D eigenvalue weighted by Crippen LogP contribution is 2.16. The molecule has 0 fully saturated rings. The zero-order valence-electron chi connectivity index (χ0n) is 24.2. The molecule has 2 amide bonds. The monoisotopic (exact) mass is 561 g/mol. The van der Waals surface area contributed by atoms with Gasteiger partial charge in [-0.15, -0.1) is 0 Å². The number of hydrogen-bond acceptors (Lipinski definition) is 7. The first-order valence-corrected chi connectivity index (χ1v) is 13.4. The molecule has 4 aromatic carbocycles. The standard InChI is InChI=1S/C33H35N7O2/c1-39(2)30-14-10-27(11-15-30)32(41)37-35-22-25-18-26(20-29(19-25)34-21-24-8-6-5-7-9-24)23-36-38-33(42)28-12-16-31(17-13-28)40(3)4/h5-20,22-23,34H,21H2,1-4H3,(H,37,41)(H,38,42). The molecule has 3 N–H and O–H groups in total. The summed E-state index contributed by atoms with van der Waals surface area (Å²) in [6, 6.07) is 30.3. The Labute approximate surface area is 246 Å². The second kappa shape index (κ2) is 14.3. The number of anilines is 3. The summed E-state index contributed by atoms with van der Waals surface area (Å²) in [5.41, 5.74) is 11.6. The van der Waals surface area contributed by atoms with E-state index in [1.54, 1.807) is 36.7 Å². The number of rotatable bonds is 11. The maximum absolute atomic E-state index is 12.6. The van der Waals surface area contributed by atoms with Gasteiger partial charge in [-0.2, -0.15) is 10.2 Å². The van der Waals surface area contributed by atoms with E-state index in [0.717, 1.165) is 33.8 Å². The summed E-state index contributed by atoms with van der Waals surface area (Å²) in [6.45, 7) is 0.622.